The predicted molar refractivity (Wildman–Crippen MR) is 94.1 cm³/mol. The number of nitrogens with zero attached hydrogens (tertiary/aromatic N) is 4. The zero-order valence-corrected chi connectivity index (χ0v) is 14.2. The van der Waals surface area contributed by atoms with E-state index < -0.39 is 4.92 Å². The molecule has 2 aromatic rings. The lowest BCUT2D eigenvalue weighted by Gasteiger charge is -2.24. The quantitative estimate of drug-likeness (QED) is 0.547. The van der Waals surface area contributed by atoms with Gasteiger partial charge >= 0.3 is 5.69 Å². The predicted octanol–water partition coefficient (Wildman–Crippen LogP) is 3.09. The van der Waals surface area contributed by atoms with Gasteiger partial charge < -0.3 is 14.5 Å². The highest BCUT2D eigenvalue weighted by Crippen LogP contribution is 2.33. The topological polar surface area (TPSA) is 71.7 Å². The van der Waals surface area contributed by atoms with Crippen molar-refractivity contribution in [2.75, 3.05) is 39.2 Å². The van der Waals surface area contributed by atoms with Crippen molar-refractivity contribution < 1.29 is 9.66 Å². The van der Waals surface area contributed by atoms with E-state index in [9.17, 15) is 10.1 Å². The fourth-order valence-corrected chi connectivity index (χ4v) is 2.42. The molecular weight excluding hydrogens is 308 g/mol. The number of anilines is 2. The number of methoxy groups -OCH3 is 1. The van der Waals surface area contributed by atoms with Gasteiger partial charge in [0, 0.05) is 30.6 Å². The van der Waals surface area contributed by atoms with Crippen LogP contribution >= 0.6 is 0 Å². The maximum absolute atomic E-state index is 11.4. The molecule has 0 unspecified atom stereocenters. The molecule has 1 aromatic carbocycles. The van der Waals surface area contributed by atoms with Gasteiger partial charge in [-0.05, 0) is 45.3 Å². The Hall–Kier alpha value is -2.67. The van der Waals surface area contributed by atoms with Gasteiger partial charge in [-0.15, -0.1) is 0 Å². The van der Waals surface area contributed by atoms with Crippen molar-refractivity contribution in [2.45, 2.75) is 6.42 Å². The van der Waals surface area contributed by atoms with Crippen molar-refractivity contribution in [2.24, 2.45) is 0 Å². The summed E-state index contributed by atoms with van der Waals surface area (Å²) in [7, 11) is 5.59. The molecule has 1 heterocycles. The van der Waals surface area contributed by atoms with Crippen LogP contribution in [-0.4, -0.2) is 49.1 Å². The van der Waals surface area contributed by atoms with Crippen LogP contribution in [-0.2, 0) is 0 Å². The Morgan fingerprint density at radius 1 is 1.21 bits per heavy atom. The first-order valence-corrected chi connectivity index (χ1v) is 7.68. The van der Waals surface area contributed by atoms with Crippen LogP contribution in [0.4, 0.5) is 17.2 Å². The molecule has 0 spiro atoms. The van der Waals surface area contributed by atoms with Gasteiger partial charge in [-0.3, -0.25) is 10.1 Å². The van der Waals surface area contributed by atoms with Gasteiger partial charge in [-0.25, -0.2) is 4.98 Å². The van der Waals surface area contributed by atoms with Gasteiger partial charge in [0.25, 0.3) is 0 Å². The smallest absolute Gasteiger partial charge is 0.311 e. The van der Waals surface area contributed by atoms with Gasteiger partial charge in [-0.2, -0.15) is 0 Å². The number of aromatic nitrogens is 1. The highest BCUT2D eigenvalue weighted by Gasteiger charge is 2.22. The lowest BCUT2D eigenvalue weighted by molar-refractivity contribution is -0.384. The number of rotatable bonds is 8. The first-order chi connectivity index (χ1) is 11.5. The Kier molecular flexibility index (Phi) is 6.08. The van der Waals surface area contributed by atoms with Crippen molar-refractivity contribution >= 4 is 17.2 Å². The second kappa shape index (κ2) is 8.26. The van der Waals surface area contributed by atoms with E-state index >= 15 is 0 Å². The minimum absolute atomic E-state index is 0.00910. The van der Waals surface area contributed by atoms with Crippen LogP contribution in [0.2, 0.25) is 0 Å². The van der Waals surface area contributed by atoms with E-state index in [-0.39, 0.29) is 5.69 Å². The van der Waals surface area contributed by atoms with Gasteiger partial charge in [-0.1, -0.05) is 6.07 Å². The Morgan fingerprint density at radius 2 is 2.00 bits per heavy atom. The summed E-state index contributed by atoms with van der Waals surface area (Å²) in [5.74, 6) is 1.04. The molecule has 0 aliphatic heterocycles. The van der Waals surface area contributed by atoms with E-state index in [2.05, 4.69) is 9.88 Å². The summed E-state index contributed by atoms with van der Waals surface area (Å²) in [5, 5.41) is 11.4. The Morgan fingerprint density at radius 3 is 2.67 bits per heavy atom. The number of hydrogen-bond acceptors (Lipinski definition) is 6. The standard InChI is InChI=1S/C17H22N4O3/c1-19(2)11-6-12-20(14-7-4-8-15(13-14)24-3)17-16(21(22)23)9-5-10-18-17/h4-5,7-10,13H,6,11-12H2,1-3H3. The van der Waals surface area contributed by atoms with E-state index in [0.717, 1.165) is 18.7 Å². The summed E-state index contributed by atoms with van der Waals surface area (Å²) in [5.41, 5.74) is 0.806. The summed E-state index contributed by atoms with van der Waals surface area (Å²) in [6.45, 7) is 1.49. The summed E-state index contributed by atoms with van der Waals surface area (Å²) >= 11 is 0. The number of benzene rings is 1. The first-order valence-electron chi connectivity index (χ1n) is 7.68. The molecule has 0 saturated heterocycles. The molecule has 0 saturated carbocycles. The second-order valence-corrected chi connectivity index (χ2v) is 5.61. The minimum atomic E-state index is -0.401. The molecule has 1 aromatic heterocycles. The van der Waals surface area contributed by atoms with E-state index in [0.29, 0.717) is 18.1 Å². The molecule has 0 aliphatic rings. The Labute approximate surface area is 141 Å². The van der Waals surface area contributed by atoms with Crippen LogP contribution < -0.4 is 9.64 Å². The average Bonchev–Trinajstić information content (AvgIpc) is 2.58. The van der Waals surface area contributed by atoms with Crippen molar-refractivity contribution in [1.29, 1.82) is 0 Å². The van der Waals surface area contributed by atoms with Crippen molar-refractivity contribution in [3.8, 4) is 5.75 Å². The summed E-state index contributed by atoms with van der Waals surface area (Å²) < 4.78 is 5.27. The number of nitro groups is 1. The maximum atomic E-state index is 11.4. The fraction of sp³-hybridized carbons (Fsp3) is 0.353. The third-order valence-electron chi connectivity index (χ3n) is 3.57. The first kappa shape index (κ1) is 17.7. The van der Waals surface area contributed by atoms with Crippen LogP contribution in [0.3, 0.4) is 0 Å². The second-order valence-electron chi connectivity index (χ2n) is 5.61. The van der Waals surface area contributed by atoms with E-state index in [1.807, 2.05) is 43.3 Å². The average molecular weight is 330 g/mol. The molecule has 0 amide bonds. The third kappa shape index (κ3) is 4.42. The maximum Gasteiger partial charge on any atom is 0.311 e. The highest BCUT2D eigenvalue weighted by molar-refractivity contribution is 5.69. The number of ether oxygens (including phenoxy) is 1. The zero-order chi connectivity index (χ0) is 17.5. The summed E-state index contributed by atoms with van der Waals surface area (Å²) in [4.78, 5) is 19.2. The fourth-order valence-electron chi connectivity index (χ4n) is 2.42. The normalized spacial score (nSPS) is 10.7. The number of pyridine rings is 1. The molecule has 2 rings (SSSR count). The molecule has 7 nitrogen and oxygen atoms in total. The Bertz CT molecular complexity index is 691. The monoisotopic (exact) mass is 330 g/mol. The molecule has 7 heteroatoms. The highest BCUT2D eigenvalue weighted by atomic mass is 16.6. The SMILES string of the molecule is COc1cccc(N(CCCN(C)C)c2ncccc2[N+](=O)[O-])c1. The minimum Gasteiger partial charge on any atom is -0.497 e. The van der Waals surface area contributed by atoms with Gasteiger partial charge in [0.1, 0.15) is 5.75 Å². The van der Waals surface area contributed by atoms with Crippen molar-refractivity contribution in [1.82, 2.24) is 9.88 Å². The molecule has 0 N–H and O–H groups in total. The van der Waals surface area contributed by atoms with Gasteiger partial charge in [0.15, 0.2) is 0 Å². The van der Waals surface area contributed by atoms with Crippen LogP contribution in [0.15, 0.2) is 42.6 Å². The molecule has 0 radical (unpaired) electrons. The zero-order valence-electron chi connectivity index (χ0n) is 14.2. The van der Waals surface area contributed by atoms with Gasteiger partial charge in [0.2, 0.25) is 5.82 Å². The van der Waals surface area contributed by atoms with Crippen LogP contribution in [0.1, 0.15) is 6.42 Å². The van der Waals surface area contributed by atoms with Crippen LogP contribution in [0.25, 0.3) is 0 Å². The third-order valence-corrected chi connectivity index (χ3v) is 3.57. The molecule has 0 bridgehead atoms. The molecule has 128 valence electrons. The lowest BCUT2D eigenvalue weighted by Crippen LogP contribution is -2.24. The molecular formula is C17H22N4O3. The molecule has 0 atom stereocenters. The number of hydrogen-bond donors (Lipinski definition) is 0. The van der Waals surface area contributed by atoms with Gasteiger partial charge in [0.05, 0.1) is 12.0 Å². The van der Waals surface area contributed by atoms with Crippen LogP contribution in [0, 0.1) is 10.1 Å². The van der Waals surface area contributed by atoms with Crippen LogP contribution in [0.5, 0.6) is 5.75 Å². The summed E-state index contributed by atoms with van der Waals surface area (Å²) in [6.07, 6.45) is 2.42. The van der Waals surface area contributed by atoms with E-state index in [4.69, 9.17) is 4.74 Å². The Balaban J connectivity index is 2.41. The molecule has 24 heavy (non-hydrogen) atoms. The summed E-state index contributed by atoms with van der Waals surface area (Å²) in [6, 6.07) is 10.5. The largest absolute Gasteiger partial charge is 0.497 e. The lowest BCUT2D eigenvalue weighted by atomic mass is 10.2. The van der Waals surface area contributed by atoms with Crippen molar-refractivity contribution in [3.05, 3.63) is 52.7 Å². The molecule has 0 fully saturated rings. The van der Waals surface area contributed by atoms with E-state index in [1.165, 1.54) is 6.07 Å². The molecule has 0 aliphatic carbocycles. The van der Waals surface area contributed by atoms with Crippen molar-refractivity contribution in [3.63, 3.8) is 0 Å². The van der Waals surface area contributed by atoms with E-state index in [1.54, 1.807) is 19.4 Å².